The molecule has 140 valence electrons. The van der Waals surface area contributed by atoms with Gasteiger partial charge < -0.3 is 14.2 Å². The third-order valence-corrected chi connectivity index (χ3v) is 5.47. The largest absolute Gasteiger partial charge is 0.493 e. The van der Waals surface area contributed by atoms with Crippen molar-refractivity contribution in [2.45, 2.75) is 56.8 Å². The fourth-order valence-corrected chi connectivity index (χ4v) is 4.10. The number of halogens is 1. The molecular formula is C20H30FNO3. The van der Waals surface area contributed by atoms with E-state index in [4.69, 9.17) is 14.2 Å². The van der Waals surface area contributed by atoms with E-state index < -0.39 is 6.17 Å². The van der Waals surface area contributed by atoms with Crippen LogP contribution in [0.15, 0.2) is 18.2 Å². The Bertz CT molecular complexity index is 554. The number of hydrogen-bond donors (Lipinski definition) is 0. The Morgan fingerprint density at radius 3 is 2.60 bits per heavy atom. The number of hydrogen-bond acceptors (Lipinski definition) is 4. The molecule has 1 heterocycles. The van der Waals surface area contributed by atoms with Crippen LogP contribution in [0.5, 0.6) is 11.5 Å². The third-order valence-electron chi connectivity index (χ3n) is 5.47. The molecule has 1 aromatic carbocycles. The van der Waals surface area contributed by atoms with Crippen molar-refractivity contribution >= 4 is 0 Å². The lowest BCUT2D eigenvalue weighted by molar-refractivity contribution is -0.0303. The Balaban J connectivity index is 1.53. The van der Waals surface area contributed by atoms with Crippen molar-refractivity contribution in [2.24, 2.45) is 0 Å². The average molecular weight is 351 g/mol. The van der Waals surface area contributed by atoms with Crippen molar-refractivity contribution in [3.05, 3.63) is 23.8 Å². The molecule has 5 heteroatoms. The maximum Gasteiger partial charge on any atom is 0.160 e. The molecule has 0 radical (unpaired) electrons. The van der Waals surface area contributed by atoms with Crippen LogP contribution in [0.25, 0.3) is 0 Å². The molecule has 0 spiro atoms. The SMILES string of the molecule is COc1ccc(CCO[C@H]2CCCC[C@@H]2N2CC[C@H](F)C2)cc1OC. The lowest BCUT2D eigenvalue weighted by Crippen LogP contribution is -2.46. The Morgan fingerprint density at radius 1 is 1.08 bits per heavy atom. The van der Waals surface area contributed by atoms with Gasteiger partial charge in [-0.2, -0.15) is 0 Å². The molecule has 4 nitrogen and oxygen atoms in total. The van der Waals surface area contributed by atoms with Crippen LogP contribution in [0.1, 0.15) is 37.7 Å². The predicted octanol–water partition coefficient (Wildman–Crippen LogP) is 3.62. The molecule has 0 aromatic heterocycles. The molecule has 0 N–H and O–H groups in total. The van der Waals surface area contributed by atoms with Crippen molar-refractivity contribution < 1.29 is 18.6 Å². The number of benzene rings is 1. The van der Waals surface area contributed by atoms with Gasteiger partial charge in [-0.3, -0.25) is 4.90 Å². The molecular weight excluding hydrogens is 321 g/mol. The number of alkyl halides is 1. The molecule has 0 amide bonds. The Labute approximate surface area is 150 Å². The highest BCUT2D eigenvalue weighted by atomic mass is 19.1. The number of ether oxygens (including phenoxy) is 3. The highest BCUT2D eigenvalue weighted by molar-refractivity contribution is 5.42. The maximum absolute atomic E-state index is 13.6. The maximum atomic E-state index is 13.6. The van der Waals surface area contributed by atoms with E-state index in [9.17, 15) is 4.39 Å². The number of nitrogens with zero attached hydrogens (tertiary/aromatic N) is 1. The van der Waals surface area contributed by atoms with Gasteiger partial charge >= 0.3 is 0 Å². The molecule has 1 saturated carbocycles. The van der Waals surface area contributed by atoms with E-state index >= 15 is 0 Å². The molecule has 2 aliphatic rings. The van der Waals surface area contributed by atoms with Gasteiger partial charge in [0.15, 0.2) is 11.5 Å². The fraction of sp³-hybridized carbons (Fsp3) is 0.700. The zero-order valence-corrected chi connectivity index (χ0v) is 15.4. The van der Waals surface area contributed by atoms with Crippen molar-refractivity contribution in [3.8, 4) is 11.5 Å². The summed E-state index contributed by atoms with van der Waals surface area (Å²) in [6.45, 7) is 2.14. The molecule has 1 aliphatic carbocycles. The summed E-state index contributed by atoms with van der Waals surface area (Å²) in [5.41, 5.74) is 1.18. The molecule has 1 aromatic rings. The van der Waals surface area contributed by atoms with Gasteiger partial charge in [0.25, 0.3) is 0 Å². The molecule has 0 unspecified atom stereocenters. The van der Waals surface area contributed by atoms with Gasteiger partial charge in [-0.15, -0.1) is 0 Å². The second kappa shape index (κ2) is 8.86. The zero-order valence-electron chi connectivity index (χ0n) is 15.4. The number of likely N-dealkylation sites (tertiary alicyclic amines) is 1. The first kappa shape index (κ1) is 18.5. The van der Waals surface area contributed by atoms with Gasteiger partial charge in [0.05, 0.1) is 26.9 Å². The zero-order chi connectivity index (χ0) is 17.6. The topological polar surface area (TPSA) is 30.9 Å². The highest BCUT2D eigenvalue weighted by Crippen LogP contribution is 2.30. The van der Waals surface area contributed by atoms with Crippen LogP contribution < -0.4 is 9.47 Å². The summed E-state index contributed by atoms with van der Waals surface area (Å²) < 4.78 is 30.4. The Hall–Kier alpha value is -1.33. The summed E-state index contributed by atoms with van der Waals surface area (Å²) in [5.74, 6) is 1.50. The predicted molar refractivity (Wildman–Crippen MR) is 96.3 cm³/mol. The first-order valence-corrected chi connectivity index (χ1v) is 9.42. The van der Waals surface area contributed by atoms with Crippen LogP contribution in [-0.4, -0.2) is 57.1 Å². The van der Waals surface area contributed by atoms with Crippen molar-refractivity contribution in [1.29, 1.82) is 0 Å². The van der Waals surface area contributed by atoms with Gasteiger partial charge in [-0.25, -0.2) is 4.39 Å². The molecule has 1 aliphatic heterocycles. The van der Waals surface area contributed by atoms with Crippen LogP contribution in [0.2, 0.25) is 0 Å². The molecule has 3 rings (SSSR count). The first-order valence-electron chi connectivity index (χ1n) is 9.42. The molecule has 0 bridgehead atoms. The van der Waals surface area contributed by atoms with Gasteiger partial charge in [-0.05, 0) is 43.4 Å². The molecule has 25 heavy (non-hydrogen) atoms. The molecule has 1 saturated heterocycles. The van der Waals surface area contributed by atoms with Crippen LogP contribution in [-0.2, 0) is 11.2 Å². The van der Waals surface area contributed by atoms with Crippen molar-refractivity contribution in [1.82, 2.24) is 4.90 Å². The fourth-order valence-electron chi connectivity index (χ4n) is 4.10. The Morgan fingerprint density at radius 2 is 1.88 bits per heavy atom. The quantitative estimate of drug-likeness (QED) is 0.751. The van der Waals surface area contributed by atoms with E-state index in [2.05, 4.69) is 11.0 Å². The summed E-state index contributed by atoms with van der Waals surface area (Å²) in [5, 5.41) is 0. The van der Waals surface area contributed by atoms with Gasteiger partial charge in [0.2, 0.25) is 0 Å². The summed E-state index contributed by atoms with van der Waals surface area (Å²) in [6.07, 6.45) is 5.76. The number of rotatable bonds is 7. The highest BCUT2D eigenvalue weighted by Gasteiger charge is 2.35. The van der Waals surface area contributed by atoms with E-state index in [-0.39, 0.29) is 6.10 Å². The summed E-state index contributed by atoms with van der Waals surface area (Å²) >= 11 is 0. The second-order valence-corrected chi connectivity index (χ2v) is 7.08. The summed E-state index contributed by atoms with van der Waals surface area (Å²) in [4.78, 5) is 2.31. The van der Waals surface area contributed by atoms with Gasteiger partial charge in [0.1, 0.15) is 6.17 Å². The van der Waals surface area contributed by atoms with Gasteiger partial charge in [0, 0.05) is 19.1 Å². The Kier molecular flexibility index (Phi) is 6.54. The smallest absolute Gasteiger partial charge is 0.160 e. The minimum Gasteiger partial charge on any atom is -0.493 e. The average Bonchev–Trinajstić information content (AvgIpc) is 3.08. The molecule has 3 atom stereocenters. The van der Waals surface area contributed by atoms with E-state index in [1.807, 2.05) is 12.1 Å². The van der Waals surface area contributed by atoms with E-state index in [0.717, 1.165) is 37.3 Å². The minimum absolute atomic E-state index is 0.235. The second-order valence-electron chi connectivity index (χ2n) is 7.08. The van der Waals surface area contributed by atoms with E-state index in [1.54, 1.807) is 14.2 Å². The van der Waals surface area contributed by atoms with Crippen LogP contribution in [0.3, 0.4) is 0 Å². The lowest BCUT2D eigenvalue weighted by atomic mass is 9.91. The van der Waals surface area contributed by atoms with Crippen LogP contribution in [0, 0.1) is 0 Å². The van der Waals surface area contributed by atoms with E-state index in [1.165, 1.54) is 18.4 Å². The van der Waals surface area contributed by atoms with E-state index in [0.29, 0.717) is 25.6 Å². The monoisotopic (exact) mass is 351 g/mol. The van der Waals surface area contributed by atoms with Crippen LogP contribution in [0.4, 0.5) is 4.39 Å². The van der Waals surface area contributed by atoms with Crippen LogP contribution >= 0.6 is 0 Å². The number of methoxy groups -OCH3 is 2. The van der Waals surface area contributed by atoms with Crippen molar-refractivity contribution in [3.63, 3.8) is 0 Å². The third kappa shape index (κ3) is 4.64. The normalized spacial score (nSPS) is 27.4. The summed E-state index contributed by atoms with van der Waals surface area (Å²) in [6, 6.07) is 6.38. The first-order chi connectivity index (χ1) is 12.2. The lowest BCUT2D eigenvalue weighted by Gasteiger charge is -2.37. The summed E-state index contributed by atoms with van der Waals surface area (Å²) in [7, 11) is 3.29. The standard InChI is InChI=1S/C20H30FNO3/c1-23-19-8-7-15(13-20(19)24-2)10-12-25-18-6-4-3-5-17(18)22-11-9-16(21)14-22/h7-8,13,16-18H,3-6,9-12,14H2,1-2H3/t16-,17-,18-/m0/s1. The van der Waals surface area contributed by atoms with Crippen molar-refractivity contribution in [2.75, 3.05) is 33.9 Å². The van der Waals surface area contributed by atoms with Gasteiger partial charge in [-0.1, -0.05) is 18.9 Å². The minimum atomic E-state index is -0.658. The molecule has 2 fully saturated rings.